The van der Waals surface area contributed by atoms with E-state index in [2.05, 4.69) is 0 Å². The number of fused-ring (bicyclic) bond motifs is 1. The van der Waals surface area contributed by atoms with Crippen LogP contribution in [0, 0.1) is 13.8 Å². The van der Waals surface area contributed by atoms with Crippen LogP contribution in [0.4, 0.5) is 5.69 Å². The minimum atomic E-state index is -0.472. The lowest BCUT2D eigenvalue weighted by Crippen LogP contribution is -2.31. The van der Waals surface area contributed by atoms with Crippen molar-refractivity contribution in [3.63, 3.8) is 0 Å². The number of aryl methyl sites for hydroxylation is 2. The van der Waals surface area contributed by atoms with E-state index >= 15 is 0 Å². The molecule has 2 rings (SSSR count). The highest BCUT2D eigenvalue weighted by Crippen LogP contribution is 2.34. The van der Waals surface area contributed by atoms with Gasteiger partial charge in [-0.15, -0.1) is 0 Å². The maximum Gasteiger partial charge on any atom is 0.299 e. The zero-order chi connectivity index (χ0) is 13.4. The summed E-state index contributed by atoms with van der Waals surface area (Å²) in [6.45, 7) is 5.92. The van der Waals surface area contributed by atoms with Gasteiger partial charge in [-0.2, -0.15) is 0 Å². The second-order valence-electron chi connectivity index (χ2n) is 4.60. The molecule has 1 heterocycles. The van der Waals surface area contributed by atoms with Crippen LogP contribution in [0.5, 0.6) is 0 Å². The molecule has 3 nitrogen and oxygen atoms in total. The number of carbonyl (C=O) groups excluding carboxylic acids is 2. The highest BCUT2D eigenvalue weighted by molar-refractivity contribution is 6.52. The molecule has 1 aromatic rings. The monoisotopic (exact) mass is 263 g/mol. The molecule has 0 N–H and O–H groups in total. The second kappa shape index (κ2) is 4.58. The number of Topliss-reactive ketones (excluding diaryl/α,β-unsaturated/α-hetero) is 1. The summed E-state index contributed by atoms with van der Waals surface area (Å²) in [5.41, 5.74) is 5.29. The van der Waals surface area contributed by atoms with Gasteiger partial charge < -0.3 is 4.90 Å². The molecule has 0 aromatic heterocycles. The minimum absolute atomic E-state index is 0.353. The van der Waals surface area contributed by atoms with Crippen LogP contribution < -0.4 is 4.90 Å². The largest absolute Gasteiger partial charge is 0.300 e. The summed E-state index contributed by atoms with van der Waals surface area (Å²) >= 11 is 5.63. The number of nitrogens with zero attached hydrogens (tertiary/aromatic N) is 1. The smallest absolute Gasteiger partial charge is 0.299 e. The van der Waals surface area contributed by atoms with Crippen molar-refractivity contribution in [1.29, 1.82) is 0 Å². The first kappa shape index (κ1) is 12.8. The lowest BCUT2D eigenvalue weighted by atomic mass is 10.0. The molecule has 18 heavy (non-hydrogen) atoms. The molecule has 0 atom stereocenters. The summed E-state index contributed by atoms with van der Waals surface area (Å²) in [6, 6.07) is 3.79. The molecular weight excluding hydrogens is 250 g/mol. The molecule has 1 aromatic carbocycles. The zero-order valence-electron chi connectivity index (χ0n) is 10.6. The maximum atomic E-state index is 12.0. The molecule has 0 aliphatic carbocycles. The highest BCUT2D eigenvalue weighted by Gasteiger charge is 2.37. The molecule has 0 fully saturated rings. The Balaban J connectivity index is 2.58. The Kier molecular flexibility index (Phi) is 3.26. The normalized spacial score (nSPS) is 15.3. The fraction of sp³-hybridized carbons (Fsp3) is 0.286. The van der Waals surface area contributed by atoms with Gasteiger partial charge in [-0.1, -0.05) is 23.7 Å². The molecule has 4 heteroatoms. The number of hydrogen-bond acceptors (Lipinski definition) is 2. The van der Waals surface area contributed by atoms with Gasteiger partial charge in [-0.25, -0.2) is 0 Å². The van der Waals surface area contributed by atoms with Gasteiger partial charge in [0.25, 0.3) is 11.7 Å². The SMILES string of the molecule is C/C(=C/Cl)CN1C(=O)C(=O)c2c(C)ccc(C)c21. The first-order chi connectivity index (χ1) is 8.47. The van der Waals surface area contributed by atoms with Crippen molar-refractivity contribution in [3.05, 3.63) is 39.9 Å². The van der Waals surface area contributed by atoms with E-state index in [1.54, 1.807) is 0 Å². The Morgan fingerprint density at radius 1 is 1.28 bits per heavy atom. The molecule has 0 bridgehead atoms. The van der Waals surface area contributed by atoms with Crippen LogP contribution in [0.1, 0.15) is 28.4 Å². The standard InChI is InChI=1S/C14H14ClNO2/c1-8(6-15)7-16-12-10(3)5-4-9(2)11(12)13(17)14(16)18/h4-6H,7H2,1-3H3/b8-6-. The van der Waals surface area contributed by atoms with Crippen molar-refractivity contribution < 1.29 is 9.59 Å². The molecule has 0 saturated carbocycles. The van der Waals surface area contributed by atoms with Gasteiger partial charge in [0.1, 0.15) is 0 Å². The number of rotatable bonds is 2. The first-order valence-electron chi connectivity index (χ1n) is 5.69. The van der Waals surface area contributed by atoms with E-state index in [0.29, 0.717) is 12.1 Å². The van der Waals surface area contributed by atoms with Crippen LogP contribution in [-0.2, 0) is 4.79 Å². The van der Waals surface area contributed by atoms with Crippen LogP contribution in [0.25, 0.3) is 0 Å². The summed E-state index contributed by atoms with van der Waals surface area (Å²) in [5, 5.41) is 0. The van der Waals surface area contributed by atoms with Crippen LogP contribution >= 0.6 is 11.6 Å². The third-order valence-electron chi connectivity index (χ3n) is 3.12. The quantitative estimate of drug-likeness (QED) is 0.770. The summed E-state index contributed by atoms with van der Waals surface area (Å²) < 4.78 is 0. The average molecular weight is 264 g/mol. The lowest BCUT2D eigenvalue weighted by Gasteiger charge is -2.18. The van der Waals surface area contributed by atoms with Crippen LogP contribution in [0.15, 0.2) is 23.2 Å². The molecule has 1 aliphatic heterocycles. The summed E-state index contributed by atoms with van der Waals surface area (Å²) in [7, 11) is 0. The van der Waals surface area contributed by atoms with Crippen molar-refractivity contribution in [2.45, 2.75) is 20.8 Å². The number of amides is 1. The van der Waals surface area contributed by atoms with Crippen molar-refractivity contribution in [1.82, 2.24) is 0 Å². The number of anilines is 1. The summed E-state index contributed by atoms with van der Waals surface area (Å²) in [4.78, 5) is 25.5. The Hall–Kier alpha value is -1.61. The lowest BCUT2D eigenvalue weighted by molar-refractivity contribution is -0.114. The molecule has 0 saturated heterocycles. The van der Waals surface area contributed by atoms with Gasteiger partial charge in [0, 0.05) is 12.1 Å². The fourth-order valence-electron chi connectivity index (χ4n) is 2.20. The molecule has 94 valence electrons. The number of benzene rings is 1. The molecule has 0 unspecified atom stereocenters. The van der Waals surface area contributed by atoms with E-state index in [9.17, 15) is 9.59 Å². The van der Waals surface area contributed by atoms with Crippen LogP contribution in [0.2, 0.25) is 0 Å². The Morgan fingerprint density at radius 3 is 2.50 bits per heavy atom. The van der Waals surface area contributed by atoms with Gasteiger partial charge in [0.2, 0.25) is 0 Å². The van der Waals surface area contributed by atoms with Crippen molar-refractivity contribution >= 4 is 29.0 Å². The third-order valence-corrected chi connectivity index (χ3v) is 3.49. The van der Waals surface area contributed by atoms with E-state index in [1.165, 1.54) is 10.4 Å². The van der Waals surface area contributed by atoms with E-state index in [-0.39, 0.29) is 0 Å². The number of halogens is 1. The van der Waals surface area contributed by atoms with Crippen LogP contribution in [-0.4, -0.2) is 18.2 Å². The maximum absolute atomic E-state index is 12.0. The van der Waals surface area contributed by atoms with Gasteiger partial charge in [-0.3, -0.25) is 9.59 Å². The van der Waals surface area contributed by atoms with E-state index in [1.807, 2.05) is 32.9 Å². The van der Waals surface area contributed by atoms with E-state index in [0.717, 1.165) is 22.4 Å². The molecule has 0 spiro atoms. The van der Waals surface area contributed by atoms with Crippen molar-refractivity contribution in [2.24, 2.45) is 0 Å². The van der Waals surface area contributed by atoms with Gasteiger partial charge >= 0.3 is 0 Å². The summed E-state index contributed by atoms with van der Waals surface area (Å²) in [6.07, 6.45) is 0. The fourth-order valence-corrected chi connectivity index (χ4v) is 2.27. The van der Waals surface area contributed by atoms with Crippen molar-refractivity contribution in [2.75, 3.05) is 11.4 Å². The second-order valence-corrected chi connectivity index (χ2v) is 4.82. The van der Waals surface area contributed by atoms with E-state index in [4.69, 9.17) is 11.6 Å². The number of ketones is 1. The predicted molar refractivity (Wildman–Crippen MR) is 72.2 cm³/mol. The Labute approximate surface area is 111 Å². The molecule has 1 aliphatic rings. The highest BCUT2D eigenvalue weighted by atomic mass is 35.5. The van der Waals surface area contributed by atoms with Crippen molar-refractivity contribution in [3.8, 4) is 0 Å². The average Bonchev–Trinajstić information content (AvgIpc) is 2.60. The van der Waals surface area contributed by atoms with E-state index < -0.39 is 11.7 Å². The van der Waals surface area contributed by atoms with Gasteiger partial charge in [0.15, 0.2) is 0 Å². The molecule has 0 radical (unpaired) electrons. The van der Waals surface area contributed by atoms with Gasteiger partial charge in [0.05, 0.1) is 11.3 Å². The van der Waals surface area contributed by atoms with Crippen LogP contribution in [0.3, 0.4) is 0 Å². The third kappa shape index (κ3) is 1.85. The summed E-state index contributed by atoms with van der Waals surface area (Å²) in [5.74, 6) is -0.895. The number of hydrogen-bond donors (Lipinski definition) is 0. The number of carbonyl (C=O) groups is 2. The Bertz CT molecular complexity index is 575. The topological polar surface area (TPSA) is 37.4 Å². The predicted octanol–water partition coefficient (Wildman–Crippen LogP) is 2.98. The zero-order valence-corrected chi connectivity index (χ0v) is 11.3. The molecular formula is C14H14ClNO2. The molecule has 1 amide bonds. The first-order valence-corrected chi connectivity index (χ1v) is 6.13. The minimum Gasteiger partial charge on any atom is -0.300 e. The Morgan fingerprint density at radius 2 is 1.89 bits per heavy atom. The van der Waals surface area contributed by atoms with Gasteiger partial charge in [-0.05, 0) is 37.5 Å².